The summed E-state index contributed by atoms with van der Waals surface area (Å²) in [6, 6.07) is 12.5. The molecule has 8 nitrogen and oxygen atoms in total. The summed E-state index contributed by atoms with van der Waals surface area (Å²) in [7, 11) is 1.72. The Morgan fingerprint density at radius 1 is 1.15 bits per heavy atom. The van der Waals surface area contributed by atoms with E-state index in [0.29, 0.717) is 34.4 Å². The molecule has 2 aromatic heterocycles. The number of fused-ring (bicyclic) bond motifs is 1. The molecule has 2 aromatic carbocycles. The van der Waals surface area contributed by atoms with Crippen molar-refractivity contribution >= 4 is 28.6 Å². The lowest BCUT2D eigenvalue weighted by atomic mass is 9.93. The second-order valence-corrected chi connectivity index (χ2v) is 10.0. The van der Waals surface area contributed by atoms with E-state index in [1.165, 1.54) is 12.1 Å². The van der Waals surface area contributed by atoms with Gasteiger partial charge in [0.2, 0.25) is 5.88 Å². The first-order chi connectivity index (χ1) is 19.2. The Labute approximate surface area is 232 Å². The van der Waals surface area contributed by atoms with Crippen molar-refractivity contribution in [1.82, 2.24) is 19.4 Å². The Hall–Kier alpha value is -3.83. The molecule has 1 fully saturated rings. The quantitative estimate of drug-likeness (QED) is 0.261. The number of aromatic carboxylic acids is 1. The summed E-state index contributed by atoms with van der Waals surface area (Å²) in [6.45, 7) is -1.12. The minimum atomic E-state index is -3.10. The van der Waals surface area contributed by atoms with Gasteiger partial charge in [-0.15, -0.1) is 0 Å². The second-order valence-electron chi connectivity index (χ2n) is 9.59. The normalized spacial score (nSPS) is 14.7. The zero-order chi connectivity index (χ0) is 28.4. The molecule has 0 aliphatic carbocycles. The number of aryl methyl sites for hydroxylation is 1. The number of hydrogen-bond acceptors (Lipinski definition) is 6. The Morgan fingerprint density at radius 2 is 1.93 bits per heavy atom. The summed E-state index contributed by atoms with van der Waals surface area (Å²) >= 11 is 5.81. The highest BCUT2D eigenvalue weighted by atomic mass is 35.5. The van der Waals surface area contributed by atoms with Gasteiger partial charge in [-0.3, -0.25) is 4.90 Å². The molecule has 1 aliphatic rings. The minimum Gasteiger partial charge on any atom is -0.478 e. The van der Waals surface area contributed by atoms with Crippen LogP contribution >= 0.6 is 11.6 Å². The van der Waals surface area contributed by atoms with E-state index in [0.717, 1.165) is 37.7 Å². The van der Waals surface area contributed by atoms with Gasteiger partial charge in [0.25, 0.3) is 0 Å². The number of piperidine rings is 1. The molecule has 0 saturated carbocycles. The van der Waals surface area contributed by atoms with Crippen LogP contribution in [0.25, 0.3) is 11.0 Å². The maximum atomic E-state index is 14.1. The van der Waals surface area contributed by atoms with Crippen LogP contribution in [-0.4, -0.2) is 50.2 Å². The smallest absolute Gasteiger partial charge is 0.387 e. The van der Waals surface area contributed by atoms with Crippen LogP contribution in [0, 0.1) is 5.82 Å². The molecule has 3 heterocycles. The highest BCUT2D eigenvalue weighted by Gasteiger charge is 2.25. The summed E-state index contributed by atoms with van der Waals surface area (Å²) in [6.07, 6.45) is 1.66. The van der Waals surface area contributed by atoms with Crippen molar-refractivity contribution in [3.63, 3.8) is 0 Å². The Kier molecular flexibility index (Phi) is 8.13. The van der Waals surface area contributed by atoms with E-state index in [4.69, 9.17) is 16.3 Å². The number of pyridine rings is 1. The number of carboxylic acids is 1. The van der Waals surface area contributed by atoms with Gasteiger partial charge in [0, 0.05) is 35.3 Å². The standard InChI is InChI=1S/C28H26ClF3N4O4/c1-35-22-11-18(27(37)38)12-23(40-28(31)32)26(22)34-24(35)14-36-9-7-16(8-10-36)21-3-2-4-25(33-21)39-15-17-5-6-19(29)13-20(17)30/h2-6,11-13,16,28H,7-10,14-15H2,1H3,(H,37,38). The fourth-order valence-corrected chi connectivity index (χ4v) is 5.03. The van der Waals surface area contributed by atoms with Gasteiger partial charge in [-0.2, -0.15) is 8.78 Å². The molecule has 0 atom stereocenters. The largest absolute Gasteiger partial charge is 0.478 e. The lowest BCUT2D eigenvalue weighted by molar-refractivity contribution is -0.0489. The number of aromatic nitrogens is 3. The highest BCUT2D eigenvalue weighted by Crippen LogP contribution is 2.32. The van der Waals surface area contributed by atoms with Gasteiger partial charge in [-0.25, -0.2) is 19.2 Å². The van der Waals surface area contributed by atoms with E-state index < -0.39 is 18.4 Å². The van der Waals surface area contributed by atoms with Crippen molar-refractivity contribution in [2.45, 2.75) is 38.5 Å². The third kappa shape index (κ3) is 6.15. The van der Waals surface area contributed by atoms with E-state index in [1.807, 2.05) is 12.1 Å². The molecular formula is C28H26ClF3N4O4. The number of imidazole rings is 1. The predicted octanol–water partition coefficient (Wildman–Crippen LogP) is 6.02. The summed E-state index contributed by atoms with van der Waals surface area (Å²) in [4.78, 5) is 22.9. The Balaban J connectivity index is 1.24. The van der Waals surface area contributed by atoms with Crippen molar-refractivity contribution in [1.29, 1.82) is 0 Å². The zero-order valence-corrected chi connectivity index (χ0v) is 22.2. The second kappa shape index (κ2) is 11.7. The molecule has 0 spiro atoms. The van der Waals surface area contributed by atoms with Gasteiger partial charge in [0.15, 0.2) is 5.75 Å². The molecule has 1 N–H and O–H groups in total. The first kappa shape index (κ1) is 27.7. The van der Waals surface area contributed by atoms with Crippen molar-refractivity contribution in [3.05, 3.63) is 82.0 Å². The van der Waals surface area contributed by atoms with E-state index in [9.17, 15) is 23.1 Å². The third-order valence-electron chi connectivity index (χ3n) is 7.01. The van der Waals surface area contributed by atoms with Crippen LogP contribution in [-0.2, 0) is 20.2 Å². The molecule has 1 saturated heterocycles. The number of nitrogens with zero attached hydrogens (tertiary/aromatic N) is 4. The fraction of sp³-hybridized carbons (Fsp3) is 0.321. The van der Waals surface area contributed by atoms with Crippen LogP contribution in [0.3, 0.4) is 0 Å². The number of carboxylic acid groups (broad SMARTS) is 1. The number of carbonyl (C=O) groups is 1. The maximum Gasteiger partial charge on any atom is 0.387 e. The van der Waals surface area contributed by atoms with Gasteiger partial charge in [-0.1, -0.05) is 23.7 Å². The average molecular weight is 575 g/mol. The Bertz CT molecular complexity index is 1540. The summed E-state index contributed by atoms with van der Waals surface area (Å²) < 4.78 is 52.0. The SMILES string of the molecule is Cn1c(CN2CCC(c3cccc(OCc4ccc(Cl)cc4F)n3)CC2)nc2c(OC(F)F)cc(C(=O)O)cc21. The van der Waals surface area contributed by atoms with Crippen molar-refractivity contribution in [3.8, 4) is 11.6 Å². The number of benzene rings is 2. The van der Waals surface area contributed by atoms with Gasteiger partial charge in [0.05, 0.1) is 17.6 Å². The summed E-state index contributed by atoms with van der Waals surface area (Å²) in [5, 5.41) is 9.71. The van der Waals surface area contributed by atoms with Gasteiger partial charge in [-0.05, 0) is 56.3 Å². The van der Waals surface area contributed by atoms with Crippen LogP contribution < -0.4 is 9.47 Å². The van der Waals surface area contributed by atoms with Gasteiger partial charge in [0.1, 0.15) is 23.8 Å². The molecule has 12 heteroatoms. The van der Waals surface area contributed by atoms with E-state index in [2.05, 4.69) is 19.6 Å². The number of halogens is 4. The van der Waals surface area contributed by atoms with Gasteiger partial charge >= 0.3 is 12.6 Å². The number of hydrogen-bond donors (Lipinski definition) is 1. The predicted molar refractivity (Wildman–Crippen MR) is 142 cm³/mol. The first-order valence-electron chi connectivity index (χ1n) is 12.6. The third-order valence-corrected chi connectivity index (χ3v) is 7.25. The minimum absolute atomic E-state index is 0.0357. The number of ether oxygens (including phenoxy) is 2. The van der Waals surface area contributed by atoms with Gasteiger partial charge < -0.3 is 19.1 Å². The molecule has 210 valence electrons. The van der Waals surface area contributed by atoms with Crippen LogP contribution in [0.5, 0.6) is 11.6 Å². The van der Waals surface area contributed by atoms with E-state index in [1.54, 1.807) is 29.8 Å². The molecule has 0 radical (unpaired) electrons. The Morgan fingerprint density at radius 3 is 2.62 bits per heavy atom. The first-order valence-corrected chi connectivity index (χ1v) is 13.0. The molecule has 0 unspecified atom stereocenters. The molecule has 1 aliphatic heterocycles. The van der Waals surface area contributed by atoms with Crippen molar-refractivity contribution in [2.24, 2.45) is 7.05 Å². The van der Waals surface area contributed by atoms with Crippen LogP contribution in [0.2, 0.25) is 5.02 Å². The molecular weight excluding hydrogens is 549 g/mol. The lowest BCUT2D eigenvalue weighted by Crippen LogP contribution is -2.33. The maximum absolute atomic E-state index is 14.1. The summed E-state index contributed by atoms with van der Waals surface area (Å²) in [5.74, 6) is -0.716. The topological polar surface area (TPSA) is 89.7 Å². The fourth-order valence-electron chi connectivity index (χ4n) is 4.87. The number of rotatable bonds is 9. The average Bonchev–Trinajstić information content (AvgIpc) is 3.23. The molecule has 0 amide bonds. The number of alkyl halides is 2. The molecule has 4 aromatic rings. The summed E-state index contributed by atoms with van der Waals surface area (Å²) in [5.41, 5.74) is 1.72. The zero-order valence-electron chi connectivity index (χ0n) is 21.5. The van der Waals surface area contributed by atoms with E-state index >= 15 is 0 Å². The van der Waals surface area contributed by atoms with Crippen LogP contribution in [0.15, 0.2) is 48.5 Å². The van der Waals surface area contributed by atoms with Crippen LogP contribution in [0.1, 0.15) is 46.2 Å². The molecule has 40 heavy (non-hydrogen) atoms. The monoisotopic (exact) mass is 574 g/mol. The van der Waals surface area contributed by atoms with E-state index in [-0.39, 0.29) is 29.4 Å². The van der Waals surface area contributed by atoms with Crippen molar-refractivity contribution < 1.29 is 32.5 Å². The van der Waals surface area contributed by atoms with Crippen molar-refractivity contribution in [2.75, 3.05) is 13.1 Å². The highest BCUT2D eigenvalue weighted by molar-refractivity contribution is 6.30. The molecule has 0 bridgehead atoms. The molecule has 5 rings (SSSR count). The number of likely N-dealkylation sites (tertiary alicyclic amines) is 1. The van der Waals surface area contributed by atoms with Crippen LogP contribution in [0.4, 0.5) is 13.2 Å². The lowest BCUT2D eigenvalue weighted by Gasteiger charge is -2.31.